The third kappa shape index (κ3) is 2.22. The fourth-order valence-electron chi connectivity index (χ4n) is 3.72. The normalized spacial score (nSPS) is 18.9. The highest BCUT2D eigenvalue weighted by Crippen LogP contribution is 2.45. The Bertz CT molecular complexity index is 1200. The maximum Gasteiger partial charge on any atom is 0.261 e. The van der Waals surface area contributed by atoms with Crippen LogP contribution in [0.25, 0.3) is 11.0 Å². The number of hydrogen-bond donors (Lipinski definition) is 2. The molecule has 5 rings (SSSR count). The minimum atomic E-state index is -1.66. The Labute approximate surface area is 159 Å². The van der Waals surface area contributed by atoms with Crippen LogP contribution < -0.4 is 4.90 Å². The van der Waals surface area contributed by atoms with Gasteiger partial charge in [0, 0.05) is 27.4 Å². The van der Waals surface area contributed by atoms with Crippen LogP contribution in [0.1, 0.15) is 21.5 Å². The van der Waals surface area contributed by atoms with Gasteiger partial charge in [0.05, 0.1) is 17.4 Å². The average molecular weight is 376 g/mol. The molecular weight excluding hydrogens is 362 g/mol. The molecule has 0 fully saturated rings. The van der Waals surface area contributed by atoms with E-state index < -0.39 is 5.72 Å². The number of aliphatic hydroxyl groups is 1. The number of aromatic nitrogens is 2. The summed E-state index contributed by atoms with van der Waals surface area (Å²) < 4.78 is 0. The molecule has 5 nitrogen and oxygen atoms in total. The van der Waals surface area contributed by atoms with E-state index in [1.807, 2.05) is 18.2 Å². The zero-order chi connectivity index (χ0) is 18.6. The van der Waals surface area contributed by atoms with Crippen molar-refractivity contribution in [3.63, 3.8) is 0 Å². The van der Waals surface area contributed by atoms with Crippen molar-refractivity contribution in [1.29, 1.82) is 0 Å². The van der Waals surface area contributed by atoms with Gasteiger partial charge < -0.3 is 10.1 Å². The SMILES string of the molecule is O=C1c2ccccc2C(O)(c2ccc3nc[nH]c3c2)N1c1cccc(Cl)c1. The fourth-order valence-corrected chi connectivity index (χ4v) is 3.90. The van der Waals surface area contributed by atoms with Crippen molar-refractivity contribution in [3.8, 4) is 0 Å². The summed E-state index contributed by atoms with van der Waals surface area (Å²) in [4.78, 5) is 21.9. The van der Waals surface area contributed by atoms with Gasteiger partial charge in [-0.25, -0.2) is 4.98 Å². The van der Waals surface area contributed by atoms with Crippen LogP contribution in [-0.4, -0.2) is 21.0 Å². The Hall–Kier alpha value is -3.15. The standard InChI is InChI=1S/C21H14ClN3O2/c22-14-4-3-5-15(11-14)25-20(26)16-6-1-2-7-17(16)21(25,27)13-8-9-18-19(10-13)24-12-23-18/h1-12,27H,(H,23,24). The molecule has 1 aliphatic heterocycles. The molecule has 132 valence electrons. The Morgan fingerprint density at radius 3 is 2.74 bits per heavy atom. The van der Waals surface area contributed by atoms with E-state index >= 15 is 0 Å². The average Bonchev–Trinajstić information content (AvgIpc) is 3.23. The molecule has 27 heavy (non-hydrogen) atoms. The molecule has 0 radical (unpaired) electrons. The van der Waals surface area contributed by atoms with Gasteiger partial charge >= 0.3 is 0 Å². The fraction of sp³-hybridized carbons (Fsp3) is 0.0476. The highest BCUT2D eigenvalue weighted by molar-refractivity contribution is 6.31. The molecule has 0 bridgehead atoms. The first-order valence-corrected chi connectivity index (χ1v) is 8.82. The van der Waals surface area contributed by atoms with E-state index in [4.69, 9.17) is 11.6 Å². The molecule has 4 aromatic rings. The van der Waals surface area contributed by atoms with Crippen LogP contribution in [0, 0.1) is 0 Å². The largest absolute Gasteiger partial charge is 0.363 e. The summed E-state index contributed by atoms with van der Waals surface area (Å²) >= 11 is 6.15. The number of halogens is 1. The summed E-state index contributed by atoms with van der Waals surface area (Å²) in [7, 11) is 0. The maximum absolute atomic E-state index is 13.2. The number of nitrogens with zero attached hydrogens (tertiary/aromatic N) is 2. The van der Waals surface area contributed by atoms with Crippen LogP contribution in [0.3, 0.4) is 0 Å². The lowest BCUT2D eigenvalue weighted by molar-refractivity contribution is 0.0704. The molecule has 1 atom stereocenters. The summed E-state index contributed by atoms with van der Waals surface area (Å²) in [6.45, 7) is 0. The summed E-state index contributed by atoms with van der Waals surface area (Å²) in [5, 5.41) is 12.4. The molecule has 0 saturated carbocycles. The van der Waals surface area contributed by atoms with Gasteiger partial charge in [0.15, 0.2) is 5.72 Å². The molecule has 1 aromatic heterocycles. The van der Waals surface area contributed by atoms with Gasteiger partial charge in [0.1, 0.15) is 0 Å². The number of nitrogens with one attached hydrogen (secondary N) is 1. The van der Waals surface area contributed by atoms with Crippen LogP contribution in [0.2, 0.25) is 5.02 Å². The Morgan fingerprint density at radius 1 is 1.04 bits per heavy atom. The predicted octanol–water partition coefficient (Wildman–Crippen LogP) is 4.07. The summed E-state index contributed by atoms with van der Waals surface area (Å²) in [5.41, 5.74) is 2.00. The molecule has 1 unspecified atom stereocenters. The van der Waals surface area contributed by atoms with E-state index in [0.717, 1.165) is 11.0 Å². The first kappa shape index (κ1) is 16.1. The van der Waals surface area contributed by atoms with E-state index in [2.05, 4.69) is 9.97 Å². The number of benzene rings is 3. The molecule has 0 saturated heterocycles. The van der Waals surface area contributed by atoms with Gasteiger partial charge in [-0.3, -0.25) is 9.69 Å². The molecule has 1 aliphatic rings. The second-order valence-corrected chi connectivity index (χ2v) is 6.91. The van der Waals surface area contributed by atoms with Crippen LogP contribution in [0.5, 0.6) is 0 Å². The van der Waals surface area contributed by atoms with E-state index in [1.165, 1.54) is 4.90 Å². The van der Waals surface area contributed by atoms with Crippen molar-refractivity contribution in [2.75, 3.05) is 4.90 Å². The second kappa shape index (κ2) is 5.67. The van der Waals surface area contributed by atoms with Gasteiger partial charge in [0.25, 0.3) is 5.91 Å². The third-order valence-corrected chi connectivity index (χ3v) is 5.18. The first-order chi connectivity index (χ1) is 13.1. The van der Waals surface area contributed by atoms with Crippen molar-refractivity contribution in [3.05, 3.63) is 94.8 Å². The Kier molecular flexibility index (Phi) is 3.37. The van der Waals surface area contributed by atoms with Crippen LogP contribution in [0.4, 0.5) is 5.69 Å². The van der Waals surface area contributed by atoms with E-state index in [-0.39, 0.29) is 5.91 Å². The number of imidazole rings is 1. The number of anilines is 1. The van der Waals surface area contributed by atoms with Gasteiger partial charge in [-0.1, -0.05) is 41.9 Å². The zero-order valence-corrected chi connectivity index (χ0v) is 14.8. The number of rotatable bonds is 2. The third-order valence-electron chi connectivity index (χ3n) is 4.95. The van der Waals surface area contributed by atoms with Crippen LogP contribution in [-0.2, 0) is 5.72 Å². The Morgan fingerprint density at radius 2 is 1.89 bits per heavy atom. The lowest BCUT2D eigenvalue weighted by atomic mass is 9.93. The highest BCUT2D eigenvalue weighted by atomic mass is 35.5. The van der Waals surface area contributed by atoms with Gasteiger partial charge in [-0.15, -0.1) is 0 Å². The number of aromatic amines is 1. The maximum atomic E-state index is 13.2. The predicted molar refractivity (Wildman–Crippen MR) is 104 cm³/mol. The smallest absolute Gasteiger partial charge is 0.261 e. The van der Waals surface area contributed by atoms with Crippen molar-refractivity contribution >= 4 is 34.2 Å². The molecule has 2 heterocycles. The quantitative estimate of drug-likeness (QED) is 0.555. The molecular formula is C21H14ClN3O2. The number of fused-ring (bicyclic) bond motifs is 2. The zero-order valence-electron chi connectivity index (χ0n) is 14.1. The number of hydrogen-bond acceptors (Lipinski definition) is 3. The van der Waals surface area contributed by atoms with Crippen molar-refractivity contribution in [1.82, 2.24) is 9.97 Å². The number of H-pyrrole nitrogens is 1. The number of amides is 1. The lowest BCUT2D eigenvalue weighted by Gasteiger charge is -2.35. The summed E-state index contributed by atoms with van der Waals surface area (Å²) in [6, 6.07) is 19.4. The lowest BCUT2D eigenvalue weighted by Crippen LogP contribution is -2.45. The Balaban J connectivity index is 1.80. The summed E-state index contributed by atoms with van der Waals surface area (Å²) in [5.74, 6) is -0.278. The van der Waals surface area contributed by atoms with Crippen LogP contribution in [0.15, 0.2) is 73.1 Å². The monoisotopic (exact) mass is 375 g/mol. The van der Waals surface area contributed by atoms with Crippen molar-refractivity contribution < 1.29 is 9.90 Å². The molecule has 1 amide bonds. The molecule has 3 aromatic carbocycles. The van der Waals surface area contributed by atoms with Gasteiger partial charge in [-0.2, -0.15) is 0 Å². The van der Waals surface area contributed by atoms with E-state index in [0.29, 0.717) is 27.4 Å². The minimum Gasteiger partial charge on any atom is -0.363 e. The topological polar surface area (TPSA) is 69.2 Å². The van der Waals surface area contributed by atoms with Crippen molar-refractivity contribution in [2.45, 2.75) is 5.72 Å². The molecule has 2 N–H and O–H groups in total. The van der Waals surface area contributed by atoms with E-state index in [1.54, 1.807) is 54.9 Å². The van der Waals surface area contributed by atoms with Crippen LogP contribution >= 0.6 is 11.6 Å². The molecule has 0 spiro atoms. The number of carbonyl (C=O) groups excluding carboxylic acids is 1. The first-order valence-electron chi connectivity index (χ1n) is 8.44. The summed E-state index contributed by atoms with van der Waals surface area (Å²) in [6.07, 6.45) is 1.60. The molecule has 6 heteroatoms. The molecule has 0 aliphatic carbocycles. The minimum absolute atomic E-state index is 0.278. The van der Waals surface area contributed by atoms with Gasteiger partial charge in [-0.05, 0) is 36.4 Å². The number of carbonyl (C=O) groups is 1. The van der Waals surface area contributed by atoms with Gasteiger partial charge in [0.2, 0.25) is 0 Å². The van der Waals surface area contributed by atoms with Crippen molar-refractivity contribution in [2.24, 2.45) is 0 Å². The second-order valence-electron chi connectivity index (χ2n) is 6.47. The highest BCUT2D eigenvalue weighted by Gasteiger charge is 2.50. The van der Waals surface area contributed by atoms with E-state index in [9.17, 15) is 9.90 Å².